The van der Waals surface area contributed by atoms with Crippen LogP contribution < -0.4 is 0 Å². The Morgan fingerprint density at radius 2 is 2.11 bits per heavy atom. The molecule has 0 heterocycles. The third-order valence-corrected chi connectivity index (χ3v) is 8.43. The molecule has 4 rings (SSSR count). The smallest absolute Gasteiger partial charge is 0.310 e. The lowest BCUT2D eigenvalue weighted by atomic mass is 9.48. The van der Waals surface area contributed by atoms with Crippen molar-refractivity contribution in [3.8, 4) is 6.07 Å². The highest BCUT2D eigenvalue weighted by molar-refractivity contribution is 6.01. The van der Waals surface area contributed by atoms with Gasteiger partial charge in [0.1, 0.15) is 6.07 Å². The maximum atomic E-state index is 12.7. The van der Waals surface area contributed by atoms with Crippen LogP contribution in [0.5, 0.6) is 0 Å². The lowest BCUT2D eigenvalue weighted by Gasteiger charge is -2.56. The lowest BCUT2D eigenvalue weighted by Crippen LogP contribution is -2.50. The van der Waals surface area contributed by atoms with Gasteiger partial charge in [0.2, 0.25) is 0 Å². The van der Waals surface area contributed by atoms with E-state index in [-0.39, 0.29) is 41.0 Å². The molecule has 0 aromatic carbocycles. The van der Waals surface area contributed by atoms with Crippen molar-refractivity contribution in [1.82, 2.24) is 0 Å². The van der Waals surface area contributed by atoms with Gasteiger partial charge in [-0.25, -0.2) is 0 Å². The van der Waals surface area contributed by atoms with E-state index < -0.39 is 0 Å². The van der Waals surface area contributed by atoms with E-state index in [9.17, 15) is 9.59 Å². The molecular weight excluding hydrogens is 338 g/mol. The highest BCUT2D eigenvalue weighted by Crippen LogP contribution is 2.67. The molecule has 0 bridgehead atoms. The van der Waals surface area contributed by atoms with Gasteiger partial charge in [-0.2, -0.15) is 5.26 Å². The largest absolute Gasteiger partial charge is 0.450 e. The van der Waals surface area contributed by atoms with Gasteiger partial charge in [-0.15, -0.1) is 0 Å². The summed E-state index contributed by atoms with van der Waals surface area (Å²) in [5.41, 5.74) is 1.25. The standard InChI is InChI=1S/C23H29NO3/c1-14-12-19-17-5-4-15-13-16(25)6-8-22(15,2)18(17)7-9-23(19,3)20(14)21(26)27-11-10-24/h6,8,13-14,17-20H,4-5,7,9,11-12H2,1-3H3/t14?,17-,18+,19+,20?,22+,23+/m1/s1. The van der Waals surface area contributed by atoms with Gasteiger partial charge in [-0.3, -0.25) is 9.59 Å². The first-order valence-electron chi connectivity index (χ1n) is 10.3. The first-order valence-corrected chi connectivity index (χ1v) is 10.3. The van der Waals surface area contributed by atoms with E-state index in [1.807, 2.05) is 12.1 Å². The monoisotopic (exact) mass is 367 g/mol. The number of fused-ring (bicyclic) bond motifs is 5. The minimum absolute atomic E-state index is 0.0131. The predicted molar refractivity (Wildman–Crippen MR) is 101 cm³/mol. The van der Waals surface area contributed by atoms with Crippen LogP contribution in [0.2, 0.25) is 0 Å². The Hall–Kier alpha value is -1.89. The SMILES string of the molecule is CC1C[C@H]2[C@@H]3CCC4=CC(=O)C=C[C@]4(C)[C@H]3CC[C@]2(C)C1C(=O)OCC#N. The van der Waals surface area contributed by atoms with Crippen LogP contribution in [-0.4, -0.2) is 18.4 Å². The molecule has 0 aromatic heterocycles. The fourth-order valence-corrected chi connectivity index (χ4v) is 7.26. The van der Waals surface area contributed by atoms with Crippen molar-refractivity contribution in [3.63, 3.8) is 0 Å². The molecule has 3 saturated carbocycles. The van der Waals surface area contributed by atoms with E-state index in [0.717, 1.165) is 32.1 Å². The summed E-state index contributed by atoms with van der Waals surface area (Å²) < 4.78 is 5.26. The van der Waals surface area contributed by atoms with Crippen molar-refractivity contribution >= 4 is 11.8 Å². The average Bonchev–Trinajstić information content (AvgIpc) is 2.90. The molecule has 3 fully saturated rings. The summed E-state index contributed by atoms with van der Waals surface area (Å²) in [5.74, 6) is 1.76. The molecule has 0 saturated heterocycles. The van der Waals surface area contributed by atoms with Gasteiger partial charge in [-0.05, 0) is 73.3 Å². The van der Waals surface area contributed by atoms with Crippen LogP contribution in [0.4, 0.5) is 0 Å². The van der Waals surface area contributed by atoms with Gasteiger partial charge >= 0.3 is 5.97 Å². The van der Waals surface area contributed by atoms with E-state index in [1.54, 1.807) is 6.08 Å². The number of ether oxygens (including phenoxy) is 1. The van der Waals surface area contributed by atoms with Crippen molar-refractivity contribution in [1.29, 1.82) is 5.26 Å². The molecule has 0 N–H and O–H groups in total. The third kappa shape index (κ3) is 2.62. The molecule has 0 radical (unpaired) electrons. The maximum Gasteiger partial charge on any atom is 0.310 e. The second-order valence-electron chi connectivity index (χ2n) is 9.60. The molecule has 4 aliphatic rings. The lowest BCUT2D eigenvalue weighted by molar-refractivity contribution is -0.155. The number of ketones is 1. The normalized spacial score (nSPS) is 45.2. The average molecular weight is 367 g/mol. The minimum Gasteiger partial charge on any atom is -0.450 e. The van der Waals surface area contributed by atoms with E-state index in [2.05, 4.69) is 26.8 Å². The Morgan fingerprint density at radius 1 is 1.33 bits per heavy atom. The minimum atomic E-state index is -0.182. The first kappa shape index (κ1) is 18.5. The van der Waals surface area contributed by atoms with Gasteiger partial charge in [0.05, 0.1) is 5.92 Å². The molecule has 7 atom stereocenters. The Balaban J connectivity index is 1.63. The van der Waals surface area contributed by atoms with Crippen LogP contribution in [0, 0.1) is 51.8 Å². The molecule has 0 amide bonds. The molecule has 0 aromatic rings. The Labute approximate surface area is 161 Å². The summed E-state index contributed by atoms with van der Waals surface area (Å²) in [6.45, 7) is 6.60. The molecule has 4 nitrogen and oxygen atoms in total. The number of nitriles is 1. The molecule has 0 aliphatic heterocycles. The molecule has 27 heavy (non-hydrogen) atoms. The zero-order valence-corrected chi connectivity index (χ0v) is 16.5. The molecule has 4 aliphatic carbocycles. The quantitative estimate of drug-likeness (QED) is 0.685. The van der Waals surface area contributed by atoms with E-state index in [4.69, 9.17) is 10.00 Å². The predicted octanol–water partition coefficient (Wildman–Crippen LogP) is 4.22. The molecule has 0 spiro atoms. The second kappa shape index (κ2) is 6.33. The summed E-state index contributed by atoms with van der Waals surface area (Å²) in [6.07, 6.45) is 11.0. The van der Waals surface area contributed by atoms with Crippen molar-refractivity contribution in [3.05, 3.63) is 23.8 Å². The van der Waals surface area contributed by atoms with Gasteiger partial charge < -0.3 is 4.74 Å². The number of rotatable bonds is 2. The zero-order valence-electron chi connectivity index (χ0n) is 16.5. The van der Waals surface area contributed by atoms with Gasteiger partial charge in [0.15, 0.2) is 12.4 Å². The third-order valence-electron chi connectivity index (χ3n) is 8.43. The number of allylic oxidation sites excluding steroid dienone is 4. The summed E-state index contributed by atoms with van der Waals surface area (Å²) in [5, 5.41) is 8.77. The van der Waals surface area contributed by atoms with Crippen molar-refractivity contribution in [2.75, 3.05) is 6.61 Å². The highest BCUT2D eigenvalue weighted by Gasteiger charge is 2.62. The number of hydrogen-bond donors (Lipinski definition) is 0. The molecular formula is C23H29NO3. The number of carbonyl (C=O) groups is 2. The van der Waals surface area contributed by atoms with Crippen LogP contribution in [0.3, 0.4) is 0 Å². The second-order valence-corrected chi connectivity index (χ2v) is 9.60. The topological polar surface area (TPSA) is 67.2 Å². The first-order chi connectivity index (χ1) is 12.8. The summed E-state index contributed by atoms with van der Waals surface area (Å²) in [6, 6.07) is 1.92. The molecule has 4 heteroatoms. The van der Waals surface area contributed by atoms with E-state index in [0.29, 0.717) is 17.8 Å². The van der Waals surface area contributed by atoms with Crippen LogP contribution in [0.25, 0.3) is 0 Å². The number of carbonyl (C=O) groups excluding carboxylic acids is 2. The zero-order chi connectivity index (χ0) is 19.4. The van der Waals surface area contributed by atoms with Crippen LogP contribution in [-0.2, 0) is 14.3 Å². The van der Waals surface area contributed by atoms with Gasteiger partial charge in [0, 0.05) is 5.41 Å². The van der Waals surface area contributed by atoms with E-state index >= 15 is 0 Å². The summed E-state index contributed by atoms with van der Waals surface area (Å²) in [4.78, 5) is 24.6. The Morgan fingerprint density at radius 3 is 2.85 bits per heavy atom. The fourth-order valence-electron chi connectivity index (χ4n) is 7.26. The van der Waals surface area contributed by atoms with Gasteiger partial charge in [-0.1, -0.05) is 32.4 Å². The fraction of sp³-hybridized carbons (Fsp3) is 0.696. The summed E-state index contributed by atoms with van der Waals surface area (Å²) in [7, 11) is 0. The Bertz CT molecular complexity index is 775. The number of esters is 1. The summed E-state index contributed by atoms with van der Waals surface area (Å²) >= 11 is 0. The van der Waals surface area contributed by atoms with Crippen LogP contribution in [0.15, 0.2) is 23.8 Å². The number of nitrogens with zero attached hydrogens (tertiary/aromatic N) is 1. The van der Waals surface area contributed by atoms with Gasteiger partial charge in [0.25, 0.3) is 0 Å². The van der Waals surface area contributed by atoms with Crippen LogP contribution >= 0.6 is 0 Å². The van der Waals surface area contributed by atoms with Crippen molar-refractivity contribution < 1.29 is 14.3 Å². The van der Waals surface area contributed by atoms with E-state index in [1.165, 1.54) is 5.57 Å². The Kier molecular flexibility index (Phi) is 4.33. The van der Waals surface area contributed by atoms with Crippen LogP contribution in [0.1, 0.15) is 52.9 Å². The van der Waals surface area contributed by atoms with Crippen molar-refractivity contribution in [2.45, 2.75) is 52.9 Å². The number of hydrogen-bond acceptors (Lipinski definition) is 4. The highest BCUT2D eigenvalue weighted by atomic mass is 16.5. The van der Waals surface area contributed by atoms with Crippen molar-refractivity contribution in [2.24, 2.45) is 40.4 Å². The molecule has 144 valence electrons. The molecule has 2 unspecified atom stereocenters. The maximum absolute atomic E-state index is 12.7.